The molecule has 4 fully saturated rings. The van der Waals surface area contributed by atoms with E-state index < -0.39 is 19.1 Å². The molecular weight excluding hydrogens is 406 g/mol. The van der Waals surface area contributed by atoms with Crippen LogP contribution in [0.5, 0.6) is 0 Å². The number of carbonyl (C=O) groups excluding carboxylic acids is 1. The molecule has 0 bridgehead atoms. The Morgan fingerprint density at radius 2 is 1.56 bits per heavy atom. The molecule has 0 aromatic carbocycles. The van der Waals surface area contributed by atoms with Crippen LogP contribution < -0.4 is 5.73 Å². The average Bonchev–Trinajstić information content (AvgIpc) is 2.83. The van der Waals surface area contributed by atoms with Gasteiger partial charge in [0, 0.05) is 24.8 Å². The Hall–Kier alpha value is -0.655. The molecule has 4 N–H and O–H groups in total. The topological polar surface area (TPSA) is 86.8 Å². The van der Waals surface area contributed by atoms with Crippen LogP contribution in [0.4, 0.5) is 4.39 Å². The zero-order chi connectivity index (χ0) is 22.7. The molecule has 7 heteroatoms. The number of piperidine rings is 1. The van der Waals surface area contributed by atoms with Crippen molar-refractivity contribution in [1.29, 1.82) is 0 Å². The first kappa shape index (κ1) is 24.5. The highest BCUT2D eigenvalue weighted by Gasteiger charge is 2.45. The summed E-state index contributed by atoms with van der Waals surface area (Å²) in [4.78, 5) is 15.5. The summed E-state index contributed by atoms with van der Waals surface area (Å²) in [6.45, 7) is 2.57. The SMILES string of the molecule is NCC1CCCC(C2CCN(C(=O)C3CCCC(C4CCCC(B(O)O)C4F)C3)CC2)C1. The Morgan fingerprint density at radius 3 is 2.28 bits per heavy atom. The Balaban J connectivity index is 1.28. The molecule has 7 atom stereocenters. The number of hydrogen-bond acceptors (Lipinski definition) is 4. The first-order chi connectivity index (χ1) is 15.5. The van der Waals surface area contributed by atoms with E-state index in [-0.39, 0.29) is 17.8 Å². The summed E-state index contributed by atoms with van der Waals surface area (Å²) in [5.41, 5.74) is 5.93. The van der Waals surface area contributed by atoms with Gasteiger partial charge in [-0.3, -0.25) is 4.79 Å². The second kappa shape index (κ2) is 11.2. The molecule has 0 aromatic heterocycles. The number of alkyl halides is 1. The third-order valence-corrected chi connectivity index (χ3v) is 9.62. The molecule has 0 aromatic rings. The molecule has 3 aliphatic carbocycles. The summed E-state index contributed by atoms with van der Waals surface area (Å²) in [6.07, 6.45) is 12.1. The molecule has 1 heterocycles. The number of nitrogens with zero attached hydrogens (tertiary/aromatic N) is 1. The summed E-state index contributed by atoms with van der Waals surface area (Å²) >= 11 is 0. The molecule has 4 rings (SSSR count). The number of nitrogens with two attached hydrogens (primary N) is 1. The van der Waals surface area contributed by atoms with Crippen LogP contribution in [0.25, 0.3) is 0 Å². The van der Waals surface area contributed by atoms with Gasteiger partial charge >= 0.3 is 7.12 Å². The Kier molecular flexibility index (Phi) is 8.55. The first-order valence-electron chi connectivity index (χ1n) is 13.5. The van der Waals surface area contributed by atoms with Crippen molar-refractivity contribution in [2.24, 2.45) is 41.2 Å². The summed E-state index contributed by atoms with van der Waals surface area (Å²) in [5.74, 6) is 1.94. The summed E-state index contributed by atoms with van der Waals surface area (Å²) in [5, 5.41) is 19.1. The zero-order valence-electron chi connectivity index (χ0n) is 19.7. The Labute approximate surface area is 193 Å². The lowest BCUT2D eigenvalue weighted by Gasteiger charge is -2.43. The number of likely N-dealkylation sites (tertiary alicyclic amines) is 1. The fraction of sp³-hybridized carbons (Fsp3) is 0.960. The van der Waals surface area contributed by atoms with Crippen LogP contribution >= 0.6 is 0 Å². The highest BCUT2D eigenvalue weighted by atomic mass is 19.1. The molecule has 182 valence electrons. The van der Waals surface area contributed by atoms with Gasteiger partial charge in [0.15, 0.2) is 0 Å². The quantitative estimate of drug-likeness (QED) is 0.557. The van der Waals surface area contributed by atoms with Gasteiger partial charge in [-0.15, -0.1) is 0 Å². The molecule has 7 unspecified atom stereocenters. The van der Waals surface area contributed by atoms with Crippen molar-refractivity contribution >= 4 is 13.0 Å². The van der Waals surface area contributed by atoms with E-state index >= 15 is 4.39 Å². The molecule has 1 amide bonds. The van der Waals surface area contributed by atoms with Crippen molar-refractivity contribution < 1.29 is 19.2 Å². The molecular formula is C25H44BFN2O3. The Morgan fingerprint density at radius 1 is 0.875 bits per heavy atom. The Bertz CT molecular complexity index is 616. The number of hydrogen-bond donors (Lipinski definition) is 3. The number of amides is 1. The van der Waals surface area contributed by atoms with Crippen LogP contribution in [0.3, 0.4) is 0 Å². The van der Waals surface area contributed by atoms with Crippen LogP contribution in [0.1, 0.15) is 83.5 Å². The minimum atomic E-state index is -1.57. The van der Waals surface area contributed by atoms with Gasteiger partial charge in [0.2, 0.25) is 5.91 Å². The number of rotatable bonds is 5. The van der Waals surface area contributed by atoms with Crippen LogP contribution in [0, 0.1) is 35.5 Å². The summed E-state index contributed by atoms with van der Waals surface area (Å²) < 4.78 is 15.1. The fourth-order valence-electron chi connectivity index (χ4n) is 7.70. The van der Waals surface area contributed by atoms with Gasteiger partial charge in [-0.25, -0.2) is 4.39 Å². The van der Waals surface area contributed by atoms with Gasteiger partial charge in [-0.1, -0.05) is 32.1 Å². The predicted molar refractivity (Wildman–Crippen MR) is 125 cm³/mol. The molecule has 1 saturated heterocycles. The van der Waals surface area contributed by atoms with E-state index in [9.17, 15) is 14.8 Å². The third kappa shape index (κ3) is 5.52. The lowest BCUT2D eigenvalue weighted by atomic mass is 9.58. The van der Waals surface area contributed by atoms with Crippen molar-refractivity contribution in [3.8, 4) is 0 Å². The number of halogens is 1. The number of carbonyl (C=O) groups is 1. The standard InChI is InChI=1S/C25H44BFN2O3/c27-24-22(8-3-9-23(24)26(31)32)20-6-2-7-21(15-20)25(30)29-12-10-18(11-13-29)19-5-1-4-17(14-19)16-28/h17-24,31-32H,1-16,28H2. The van der Waals surface area contributed by atoms with Gasteiger partial charge in [0.25, 0.3) is 0 Å². The molecule has 4 aliphatic rings. The van der Waals surface area contributed by atoms with Crippen LogP contribution in [0.2, 0.25) is 5.82 Å². The van der Waals surface area contributed by atoms with Crippen LogP contribution in [0.15, 0.2) is 0 Å². The van der Waals surface area contributed by atoms with E-state index in [2.05, 4.69) is 4.90 Å². The van der Waals surface area contributed by atoms with Crippen molar-refractivity contribution in [3.63, 3.8) is 0 Å². The maximum atomic E-state index is 15.1. The van der Waals surface area contributed by atoms with E-state index in [0.29, 0.717) is 18.2 Å². The largest absolute Gasteiger partial charge is 0.457 e. The normalized spacial score (nSPS) is 39.6. The second-order valence-electron chi connectivity index (χ2n) is 11.4. The van der Waals surface area contributed by atoms with Crippen molar-refractivity contribution in [1.82, 2.24) is 4.90 Å². The van der Waals surface area contributed by atoms with E-state index in [1.54, 1.807) is 0 Å². The summed E-state index contributed by atoms with van der Waals surface area (Å²) in [7, 11) is -1.57. The molecule has 32 heavy (non-hydrogen) atoms. The van der Waals surface area contributed by atoms with Gasteiger partial charge < -0.3 is 20.7 Å². The molecule has 0 radical (unpaired) electrons. The zero-order valence-corrected chi connectivity index (χ0v) is 19.7. The minimum Gasteiger partial charge on any atom is -0.427 e. The van der Waals surface area contributed by atoms with Crippen molar-refractivity contribution in [3.05, 3.63) is 0 Å². The van der Waals surface area contributed by atoms with E-state index in [4.69, 9.17) is 5.73 Å². The summed E-state index contributed by atoms with van der Waals surface area (Å²) in [6, 6.07) is 0. The lowest BCUT2D eigenvalue weighted by Crippen LogP contribution is -2.46. The van der Waals surface area contributed by atoms with E-state index in [0.717, 1.165) is 82.8 Å². The predicted octanol–water partition coefficient (Wildman–Crippen LogP) is 3.78. The monoisotopic (exact) mass is 450 g/mol. The average molecular weight is 450 g/mol. The maximum absolute atomic E-state index is 15.1. The van der Waals surface area contributed by atoms with Crippen molar-refractivity contribution in [2.75, 3.05) is 19.6 Å². The first-order valence-corrected chi connectivity index (χ1v) is 13.5. The minimum absolute atomic E-state index is 0.0215. The molecule has 0 spiro atoms. The third-order valence-electron chi connectivity index (χ3n) is 9.62. The molecule has 1 aliphatic heterocycles. The maximum Gasteiger partial charge on any atom is 0.457 e. The van der Waals surface area contributed by atoms with E-state index in [1.807, 2.05) is 0 Å². The highest BCUT2D eigenvalue weighted by molar-refractivity contribution is 6.43. The van der Waals surface area contributed by atoms with Crippen LogP contribution in [-0.2, 0) is 4.79 Å². The van der Waals surface area contributed by atoms with Gasteiger partial charge in [-0.05, 0) is 87.5 Å². The van der Waals surface area contributed by atoms with E-state index in [1.165, 1.54) is 25.7 Å². The molecule has 3 saturated carbocycles. The van der Waals surface area contributed by atoms with Crippen LogP contribution in [-0.4, -0.2) is 53.8 Å². The smallest absolute Gasteiger partial charge is 0.427 e. The second-order valence-corrected chi connectivity index (χ2v) is 11.4. The molecule has 5 nitrogen and oxygen atoms in total. The lowest BCUT2D eigenvalue weighted by molar-refractivity contribution is -0.139. The van der Waals surface area contributed by atoms with Crippen molar-refractivity contribution in [2.45, 2.75) is 95.5 Å². The fourth-order valence-corrected chi connectivity index (χ4v) is 7.70. The highest BCUT2D eigenvalue weighted by Crippen LogP contribution is 2.46. The van der Waals surface area contributed by atoms with Gasteiger partial charge in [-0.2, -0.15) is 0 Å². The van der Waals surface area contributed by atoms with Gasteiger partial charge in [0.1, 0.15) is 6.17 Å². The van der Waals surface area contributed by atoms with Gasteiger partial charge in [0.05, 0.1) is 0 Å².